The molecular formula is C31H28FN5OS. The summed E-state index contributed by atoms with van der Waals surface area (Å²) < 4.78 is 24.3. The molecule has 1 saturated carbocycles. The van der Waals surface area contributed by atoms with Crippen LogP contribution in [0.5, 0.6) is 11.6 Å². The normalized spacial score (nSPS) is 13.8. The maximum absolute atomic E-state index is 15.1. The highest BCUT2D eigenvalue weighted by Gasteiger charge is 2.16. The van der Waals surface area contributed by atoms with Crippen molar-refractivity contribution in [1.82, 2.24) is 15.0 Å². The second-order valence-corrected chi connectivity index (χ2v) is 10.4. The standard InChI is InChI=1S/C31H28FN5OS/c32-26-18-23(37-39-29-14-6-9-21-8-4-5-12-24(21)29)15-16-28(26)38-31-25(13-7-17-33-31)27-19-30(35-20-34-27)36-22-10-2-1-3-11-22/h4-9,12-20,22,37H,1-3,10-11H2,(H,34,35,36). The Kier molecular flexibility index (Phi) is 7.54. The Morgan fingerprint density at radius 3 is 2.62 bits per heavy atom. The zero-order valence-electron chi connectivity index (χ0n) is 21.3. The Morgan fingerprint density at radius 2 is 1.72 bits per heavy atom. The van der Waals surface area contributed by atoms with Crippen molar-refractivity contribution in [2.45, 2.75) is 43.0 Å². The van der Waals surface area contributed by atoms with Gasteiger partial charge in [-0.3, -0.25) is 0 Å². The molecule has 5 aromatic rings. The van der Waals surface area contributed by atoms with Gasteiger partial charge in [0.15, 0.2) is 11.6 Å². The number of rotatable bonds is 8. The SMILES string of the molecule is Fc1cc(NSc2cccc3ccccc23)ccc1Oc1ncccc1-c1cc(NC2CCCCC2)ncn1. The molecule has 0 spiro atoms. The smallest absolute Gasteiger partial charge is 0.228 e. The van der Waals surface area contributed by atoms with Crippen LogP contribution in [-0.2, 0) is 0 Å². The Hall–Kier alpha value is -4.17. The molecule has 0 unspecified atom stereocenters. The van der Waals surface area contributed by atoms with Gasteiger partial charge >= 0.3 is 0 Å². The summed E-state index contributed by atoms with van der Waals surface area (Å²) in [5, 5.41) is 5.83. The minimum absolute atomic E-state index is 0.0882. The molecule has 8 heteroatoms. The molecule has 1 aliphatic carbocycles. The zero-order chi connectivity index (χ0) is 26.4. The summed E-state index contributed by atoms with van der Waals surface area (Å²) in [4.78, 5) is 14.3. The number of hydrogen-bond donors (Lipinski definition) is 2. The van der Waals surface area contributed by atoms with Gasteiger partial charge in [0, 0.05) is 35.0 Å². The lowest BCUT2D eigenvalue weighted by molar-refractivity contribution is 0.429. The number of benzene rings is 3. The summed E-state index contributed by atoms with van der Waals surface area (Å²) in [6.07, 6.45) is 9.20. The molecule has 1 fully saturated rings. The molecule has 196 valence electrons. The minimum Gasteiger partial charge on any atom is -0.435 e. The van der Waals surface area contributed by atoms with Crippen LogP contribution in [0.1, 0.15) is 32.1 Å². The van der Waals surface area contributed by atoms with Gasteiger partial charge in [0.05, 0.1) is 11.3 Å². The van der Waals surface area contributed by atoms with Crippen LogP contribution in [0.15, 0.2) is 96.3 Å². The van der Waals surface area contributed by atoms with E-state index in [2.05, 4.69) is 43.2 Å². The highest BCUT2D eigenvalue weighted by atomic mass is 32.2. The number of pyridine rings is 1. The van der Waals surface area contributed by atoms with Crippen LogP contribution in [0.2, 0.25) is 0 Å². The molecule has 2 heterocycles. The quantitative estimate of drug-likeness (QED) is 0.192. The second kappa shape index (κ2) is 11.7. The fraction of sp³-hybridized carbons (Fsp3) is 0.194. The first-order chi connectivity index (χ1) is 19.2. The molecule has 0 amide bonds. The maximum atomic E-state index is 15.1. The van der Waals surface area contributed by atoms with Crippen molar-refractivity contribution in [3.8, 4) is 22.9 Å². The van der Waals surface area contributed by atoms with Crippen molar-refractivity contribution in [2.24, 2.45) is 0 Å². The number of ether oxygens (including phenoxy) is 1. The molecule has 2 N–H and O–H groups in total. The zero-order valence-corrected chi connectivity index (χ0v) is 22.1. The van der Waals surface area contributed by atoms with Crippen molar-refractivity contribution in [3.63, 3.8) is 0 Å². The van der Waals surface area contributed by atoms with Crippen LogP contribution in [0.25, 0.3) is 22.0 Å². The average Bonchev–Trinajstić information content (AvgIpc) is 2.98. The number of halogens is 1. The third kappa shape index (κ3) is 5.96. The van der Waals surface area contributed by atoms with Gasteiger partial charge in [-0.2, -0.15) is 0 Å². The van der Waals surface area contributed by atoms with Gasteiger partial charge in [-0.05, 0) is 65.9 Å². The fourth-order valence-corrected chi connectivity index (χ4v) is 5.65. The first-order valence-electron chi connectivity index (χ1n) is 13.1. The van der Waals surface area contributed by atoms with E-state index in [1.807, 2.05) is 42.5 Å². The van der Waals surface area contributed by atoms with Crippen molar-refractivity contribution >= 4 is 34.2 Å². The van der Waals surface area contributed by atoms with Gasteiger partial charge < -0.3 is 14.8 Å². The monoisotopic (exact) mass is 537 g/mol. The largest absolute Gasteiger partial charge is 0.435 e. The van der Waals surface area contributed by atoms with Crippen molar-refractivity contribution in [1.29, 1.82) is 0 Å². The predicted molar refractivity (Wildman–Crippen MR) is 156 cm³/mol. The number of nitrogens with zero attached hydrogens (tertiary/aromatic N) is 3. The Morgan fingerprint density at radius 1 is 0.846 bits per heavy atom. The van der Waals surface area contributed by atoms with E-state index in [0.717, 1.165) is 34.3 Å². The molecule has 39 heavy (non-hydrogen) atoms. The predicted octanol–water partition coefficient (Wildman–Crippen LogP) is 8.49. The van der Waals surface area contributed by atoms with E-state index < -0.39 is 5.82 Å². The van der Waals surface area contributed by atoms with Crippen LogP contribution in [-0.4, -0.2) is 21.0 Å². The molecule has 6 rings (SSSR count). The molecule has 3 aromatic carbocycles. The van der Waals surface area contributed by atoms with Crippen molar-refractivity contribution < 1.29 is 9.13 Å². The molecule has 0 saturated heterocycles. The minimum atomic E-state index is -0.488. The summed E-state index contributed by atoms with van der Waals surface area (Å²) in [5.41, 5.74) is 1.96. The third-order valence-electron chi connectivity index (χ3n) is 6.84. The number of fused-ring (bicyclic) bond motifs is 1. The van der Waals surface area contributed by atoms with Gasteiger partial charge in [-0.15, -0.1) is 0 Å². The van der Waals surface area contributed by atoms with Crippen molar-refractivity contribution in [3.05, 3.63) is 97.2 Å². The number of hydrogen-bond acceptors (Lipinski definition) is 7. The molecular weight excluding hydrogens is 509 g/mol. The van der Waals surface area contributed by atoms with Crippen molar-refractivity contribution in [2.75, 3.05) is 10.0 Å². The summed E-state index contributed by atoms with van der Waals surface area (Å²) in [6.45, 7) is 0. The summed E-state index contributed by atoms with van der Waals surface area (Å²) in [5.74, 6) is 0.652. The molecule has 0 aliphatic heterocycles. The third-order valence-corrected chi connectivity index (χ3v) is 7.75. The second-order valence-electron chi connectivity index (χ2n) is 9.55. The first kappa shape index (κ1) is 25.1. The van der Waals surface area contributed by atoms with Gasteiger partial charge in [0.25, 0.3) is 0 Å². The summed E-state index contributed by atoms with van der Waals surface area (Å²) in [6, 6.07) is 25.1. The lowest BCUT2D eigenvalue weighted by Gasteiger charge is -2.23. The van der Waals surface area contributed by atoms with Crippen LogP contribution < -0.4 is 14.8 Å². The van der Waals surface area contributed by atoms with Gasteiger partial charge in [0.1, 0.15) is 12.1 Å². The first-order valence-corrected chi connectivity index (χ1v) is 14.0. The summed E-state index contributed by atoms with van der Waals surface area (Å²) >= 11 is 1.44. The highest BCUT2D eigenvalue weighted by molar-refractivity contribution is 8.00. The molecule has 0 atom stereocenters. The van der Waals surface area contributed by atoms with E-state index in [9.17, 15) is 0 Å². The summed E-state index contributed by atoms with van der Waals surface area (Å²) in [7, 11) is 0. The van der Waals surface area contributed by atoms with Gasteiger partial charge in [-0.25, -0.2) is 19.3 Å². The van der Waals surface area contributed by atoms with Crippen LogP contribution in [0.4, 0.5) is 15.9 Å². The highest BCUT2D eigenvalue weighted by Crippen LogP contribution is 2.34. The van der Waals surface area contributed by atoms with Gasteiger partial charge in [-0.1, -0.05) is 55.7 Å². The number of nitrogens with one attached hydrogen (secondary N) is 2. The number of anilines is 2. The molecule has 0 radical (unpaired) electrons. The van der Waals surface area contributed by atoms with E-state index in [-0.39, 0.29) is 11.6 Å². The molecule has 2 aromatic heterocycles. The fourth-order valence-electron chi connectivity index (χ4n) is 4.86. The molecule has 6 nitrogen and oxygen atoms in total. The van der Waals surface area contributed by atoms with E-state index in [1.165, 1.54) is 43.6 Å². The lowest BCUT2D eigenvalue weighted by Crippen LogP contribution is -2.22. The van der Waals surface area contributed by atoms with Gasteiger partial charge in [0.2, 0.25) is 5.88 Å². The molecule has 1 aliphatic rings. The van der Waals surface area contributed by atoms with Crippen LogP contribution in [0.3, 0.4) is 0 Å². The number of aromatic nitrogens is 3. The van der Waals surface area contributed by atoms with E-state index in [1.54, 1.807) is 18.3 Å². The topological polar surface area (TPSA) is 72.0 Å². The Balaban J connectivity index is 1.17. The van der Waals surface area contributed by atoms with E-state index >= 15 is 4.39 Å². The average molecular weight is 538 g/mol. The Labute approximate surface area is 231 Å². The van der Waals surface area contributed by atoms with Crippen LogP contribution in [0, 0.1) is 5.82 Å². The maximum Gasteiger partial charge on any atom is 0.228 e. The van der Waals surface area contributed by atoms with E-state index in [0.29, 0.717) is 23.0 Å². The van der Waals surface area contributed by atoms with Crippen LogP contribution >= 0.6 is 11.9 Å². The lowest BCUT2D eigenvalue weighted by atomic mass is 9.95. The van der Waals surface area contributed by atoms with E-state index in [4.69, 9.17) is 4.74 Å². The Bertz CT molecular complexity index is 1590. The molecule has 0 bridgehead atoms.